The molecule has 2 aromatic rings. The molecule has 1 aromatic heterocycles. The van der Waals surface area contributed by atoms with E-state index in [1.807, 2.05) is 32.0 Å². The average molecular weight is 273 g/mol. The van der Waals surface area contributed by atoms with Crippen LogP contribution in [0.4, 0.5) is 0 Å². The largest absolute Gasteiger partial charge is 0.496 e. The number of carbonyl (C=O) groups is 1. The first kappa shape index (κ1) is 14.1. The number of carbonyl (C=O) groups excluding carboxylic acids is 1. The summed E-state index contributed by atoms with van der Waals surface area (Å²) in [6.45, 7) is 3.95. The zero-order valence-corrected chi connectivity index (χ0v) is 12.2. The summed E-state index contributed by atoms with van der Waals surface area (Å²) in [6.07, 6.45) is 3.24. The van der Waals surface area contributed by atoms with E-state index in [1.54, 1.807) is 31.2 Å². The Balaban J connectivity index is 2.17. The van der Waals surface area contributed by atoms with Crippen molar-refractivity contribution in [3.63, 3.8) is 0 Å². The van der Waals surface area contributed by atoms with E-state index in [0.29, 0.717) is 5.56 Å². The minimum absolute atomic E-state index is 0.141. The zero-order chi connectivity index (χ0) is 14.7. The van der Waals surface area contributed by atoms with Gasteiger partial charge in [-0.05, 0) is 19.9 Å². The molecule has 1 amide bonds. The molecule has 5 heteroatoms. The molecular weight excluding hydrogens is 254 g/mol. The van der Waals surface area contributed by atoms with Crippen LogP contribution < -0.4 is 10.1 Å². The normalized spacial score (nSPS) is 12.0. The summed E-state index contributed by atoms with van der Waals surface area (Å²) in [5.41, 5.74) is 2.64. The lowest BCUT2D eigenvalue weighted by Crippen LogP contribution is -2.26. The summed E-state index contributed by atoms with van der Waals surface area (Å²) < 4.78 is 6.95. The van der Waals surface area contributed by atoms with Crippen molar-refractivity contribution in [2.75, 3.05) is 7.11 Å². The van der Waals surface area contributed by atoms with Crippen molar-refractivity contribution in [2.45, 2.75) is 19.9 Å². The summed E-state index contributed by atoms with van der Waals surface area (Å²) in [6, 6.07) is 5.78. The number of methoxy groups -OCH3 is 1. The molecular formula is C15H19N3O2. The molecule has 5 nitrogen and oxygen atoms in total. The highest BCUT2D eigenvalue weighted by Crippen LogP contribution is 2.26. The molecule has 1 atom stereocenters. The fraction of sp³-hybridized carbons (Fsp3) is 0.333. The quantitative estimate of drug-likeness (QED) is 0.929. The Labute approximate surface area is 118 Å². The van der Waals surface area contributed by atoms with Crippen LogP contribution in [0.1, 0.15) is 34.5 Å². The number of benzene rings is 1. The standard InChI is InChI=1S/C15H19N3O2/c1-10-5-6-14(20-4)13(7-10)11(2)17-15(19)12-8-16-18(3)9-12/h5-9,11H,1-4H3,(H,17,19). The minimum atomic E-state index is -0.144. The molecule has 0 bridgehead atoms. The highest BCUT2D eigenvalue weighted by atomic mass is 16.5. The Morgan fingerprint density at radius 2 is 2.20 bits per heavy atom. The van der Waals surface area contributed by atoms with Crippen molar-refractivity contribution in [3.05, 3.63) is 47.3 Å². The van der Waals surface area contributed by atoms with Gasteiger partial charge in [-0.3, -0.25) is 9.48 Å². The Kier molecular flexibility index (Phi) is 4.08. The maximum absolute atomic E-state index is 12.1. The number of aryl methyl sites for hydroxylation is 2. The number of hydrogen-bond acceptors (Lipinski definition) is 3. The van der Waals surface area contributed by atoms with E-state index in [2.05, 4.69) is 10.4 Å². The lowest BCUT2D eigenvalue weighted by molar-refractivity contribution is 0.0939. The van der Waals surface area contributed by atoms with E-state index in [1.165, 1.54) is 0 Å². The van der Waals surface area contributed by atoms with Gasteiger partial charge >= 0.3 is 0 Å². The molecule has 1 heterocycles. The highest BCUT2D eigenvalue weighted by molar-refractivity contribution is 5.93. The van der Waals surface area contributed by atoms with Crippen LogP contribution in [0.25, 0.3) is 0 Å². The molecule has 0 saturated carbocycles. The van der Waals surface area contributed by atoms with Crippen LogP contribution in [0.15, 0.2) is 30.6 Å². The fourth-order valence-corrected chi connectivity index (χ4v) is 2.09. The van der Waals surface area contributed by atoms with Gasteiger partial charge in [0.05, 0.1) is 24.9 Å². The molecule has 1 unspecified atom stereocenters. The zero-order valence-electron chi connectivity index (χ0n) is 12.2. The molecule has 20 heavy (non-hydrogen) atoms. The molecule has 2 rings (SSSR count). The van der Waals surface area contributed by atoms with Crippen LogP contribution in [0, 0.1) is 6.92 Å². The first-order valence-electron chi connectivity index (χ1n) is 6.45. The number of amides is 1. The van der Waals surface area contributed by atoms with Gasteiger partial charge in [-0.15, -0.1) is 0 Å². The predicted octanol–water partition coefficient (Wildman–Crippen LogP) is 2.23. The predicted molar refractivity (Wildman–Crippen MR) is 76.8 cm³/mol. The van der Waals surface area contributed by atoms with Gasteiger partial charge in [-0.25, -0.2) is 0 Å². The van der Waals surface area contributed by atoms with Gasteiger partial charge < -0.3 is 10.1 Å². The molecule has 0 saturated heterocycles. The Hall–Kier alpha value is -2.30. The van der Waals surface area contributed by atoms with Gasteiger partial charge in [0.1, 0.15) is 5.75 Å². The number of nitrogens with one attached hydrogen (secondary N) is 1. The first-order valence-corrected chi connectivity index (χ1v) is 6.45. The van der Waals surface area contributed by atoms with Crippen molar-refractivity contribution in [2.24, 2.45) is 7.05 Å². The topological polar surface area (TPSA) is 56.1 Å². The van der Waals surface area contributed by atoms with Crippen LogP contribution in [0.5, 0.6) is 5.75 Å². The molecule has 0 aliphatic rings. The van der Waals surface area contributed by atoms with E-state index < -0.39 is 0 Å². The number of rotatable bonds is 4. The van der Waals surface area contributed by atoms with Gasteiger partial charge in [0, 0.05) is 18.8 Å². The second kappa shape index (κ2) is 5.77. The van der Waals surface area contributed by atoms with Gasteiger partial charge in [0.15, 0.2) is 0 Å². The van der Waals surface area contributed by atoms with Gasteiger partial charge in [-0.2, -0.15) is 5.10 Å². The van der Waals surface area contributed by atoms with Crippen molar-refractivity contribution in [1.82, 2.24) is 15.1 Å². The van der Waals surface area contributed by atoms with E-state index in [-0.39, 0.29) is 11.9 Å². The highest BCUT2D eigenvalue weighted by Gasteiger charge is 2.16. The monoisotopic (exact) mass is 273 g/mol. The third kappa shape index (κ3) is 2.99. The number of hydrogen-bond donors (Lipinski definition) is 1. The van der Waals surface area contributed by atoms with E-state index in [9.17, 15) is 4.79 Å². The number of ether oxygens (including phenoxy) is 1. The average Bonchev–Trinajstić information content (AvgIpc) is 2.85. The molecule has 0 radical (unpaired) electrons. The Bertz CT molecular complexity index is 619. The molecule has 106 valence electrons. The molecule has 0 aliphatic carbocycles. The fourth-order valence-electron chi connectivity index (χ4n) is 2.09. The summed E-state index contributed by atoms with van der Waals surface area (Å²) in [5, 5.41) is 6.95. The van der Waals surface area contributed by atoms with Crippen molar-refractivity contribution >= 4 is 5.91 Å². The molecule has 0 fully saturated rings. The van der Waals surface area contributed by atoms with Gasteiger partial charge in [0.25, 0.3) is 5.91 Å². The van der Waals surface area contributed by atoms with Gasteiger partial charge in [-0.1, -0.05) is 17.7 Å². The van der Waals surface area contributed by atoms with Crippen LogP contribution >= 0.6 is 0 Å². The molecule has 1 N–H and O–H groups in total. The number of aromatic nitrogens is 2. The second-order valence-electron chi connectivity index (χ2n) is 4.84. The van der Waals surface area contributed by atoms with Crippen LogP contribution in [-0.4, -0.2) is 22.8 Å². The first-order chi connectivity index (χ1) is 9.51. The maximum Gasteiger partial charge on any atom is 0.254 e. The smallest absolute Gasteiger partial charge is 0.254 e. The van der Waals surface area contributed by atoms with E-state index in [4.69, 9.17) is 4.74 Å². The SMILES string of the molecule is COc1ccc(C)cc1C(C)NC(=O)c1cnn(C)c1. The Morgan fingerprint density at radius 1 is 1.45 bits per heavy atom. The van der Waals surface area contributed by atoms with Crippen LogP contribution in [0.2, 0.25) is 0 Å². The second-order valence-corrected chi connectivity index (χ2v) is 4.84. The van der Waals surface area contributed by atoms with E-state index in [0.717, 1.165) is 16.9 Å². The van der Waals surface area contributed by atoms with Gasteiger partial charge in [0.2, 0.25) is 0 Å². The molecule has 0 spiro atoms. The van der Waals surface area contributed by atoms with Crippen molar-refractivity contribution in [1.29, 1.82) is 0 Å². The lowest BCUT2D eigenvalue weighted by atomic mass is 10.0. The summed E-state index contributed by atoms with van der Waals surface area (Å²) >= 11 is 0. The number of nitrogens with zero attached hydrogens (tertiary/aromatic N) is 2. The van der Waals surface area contributed by atoms with Crippen LogP contribution in [-0.2, 0) is 7.05 Å². The minimum Gasteiger partial charge on any atom is -0.496 e. The van der Waals surface area contributed by atoms with Crippen molar-refractivity contribution in [3.8, 4) is 5.75 Å². The Morgan fingerprint density at radius 3 is 2.80 bits per heavy atom. The molecule has 0 aliphatic heterocycles. The van der Waals surface area contributed by atoms with E-state index >= 15 is 0 Å². The summed E-state index contributed by atoms with van der Waals surface area (Å²) in [5.74, 6) is 0.628. The summed E-state index contributed by atoms with van der Waals surface area (Å²) in [7, 11) is 3.41. The van der Waals surface area contributed by atoms with Crippen molar-refractivity contribution < 1.29 is 9.53 Å². The lowest BCUT2D eigenvalue weighted by Gasteiger charge is -2.17. The summed E-state index contributed by atoms with van der Waals surface area (Å²) in [4.78, 5) is 12.1. The maximum atomic E-state index is 12.1. The third-order valence-electron chi connectivity index (χ3n) is 3.17. The van der Waals surface area contributed by atoms with Crippen LogP contribution in [0.3, 0.4) is 0 Å². The molecule has 1 aromatic carbocycles. The third-order valence-corrected chi connectivity index (χ3v) is 3.17.